The lowest BCUT2D eigenvalue weighted by Crippen LogP contribution is -2.25. The molecule has 3 rings (SSSR count). The molecule has 0 amide bonds. The minimum absolute atomic E-state index is 0.110. The van der Waals surface area contributed by atoms with Crippen molar-refractivity contribution >= 4 is 17.8 Å². The topological polar surface area (TPSA) is 63.6 Å². The summed E-state index contributed by atoms with van der Waals surface area (Å²) in [7, 11) is 0. The number of carbonyl (C=O) groups is 2. The number of fused-ring (bicyclic) bond motifs is 1. The van der Waals surface area contributed by atoms with Crippen molar-refractivity contribution in [2.45, 2.75) is 12.5 Å². The second kappa shape index (κ2) is 5.40. The van der Waals surface area contributed by atoms with Crippen molar-refractivity contribution < 1.29 is 19.4 Å². The van der Waals surface area contributed by atoms with Crippen LogP contribution in [0.1, 0.15) is 12.0 Å². The van der Waals surface area contributed by atoms with E-state index in [-0.39, 0.29) is 29.5 Å². The van der Waals surface area contributed by atoms with Gasteiger partial charge in [0.05, 0.1) is 6.42 Å². The molecule has 1 aliphatic heterocycles. The third-order valence-corrected chi connectivity index (χ3v) is 3.63. The van der Waals surface area contributed by atoms with E-state index in [2.05, 4.69) is 0 Å². The van der Waals surface area contributed by atoms with Crippen molar-refractivity contribution in [1.82, 2.24) is 0 Å². The lowest BCUT2D eigenvalue weighted by molar-refractivity contribution is -0.140. The molecule has 0 spiro atoms. The highest BCUT2D eigenvalue weighted by molar-refractivity contribution is 6.07. The molecule has 21 heavy (non-hydrogen) atoms. The molecule has 2 atom stereocenters. The van der Waals surface area contributed by atoms with Gasteiger partial charge in [0.15, 0.2) is 5.78 Å². The van der Waals surface area contributed by atoms with Crippen molar-refractivity contribution in [2.24, 2.45) is 5.92 Å². The first kappa shape index (κ1) is 13.4. The number of aliphatic hydroxyl groups is 1. The zero-order valence-corrected chi connectivity index (χ0v) is 11.2. The van der Waals surface area contributed by atoms with Gasteiger partial charge in [-0.2, -0.15) is 0 Å². The monoisotopic (exact) mass is 282 g/mol. The van der Waals surface area contributed by atoms with Crippen LogP contribution in [0.4, 0.5) is 0 Å². The van der Waals surface area contributed by atoms with Gasteiger partial charge in [0.2, 0.25) is 0 Å². The molecule has 2 aliphatic rings. The molecular weight excluding hydrogens is 268 g/mol. The van der Waals surface area contributed by atoms with Crippen LogP contribution in [-0.2, 0) is 14.3 Å². The van der Waals surface area contributed by atoms with Crippen molar-refractivity contribution in [3.05, 3.63) is 65.5 Å². The maximum Gasteiger partial charge on any atom is 0.307 e. The summed E-state index contributed by atoms with van der Waals surface area (Å²) in [6.07, 6.45) is 5.82. The summed E-state index contributed by atoms with van der Waals surface area (Å²) in [5, 5.41) is 10.2. The highest BCUT2D eigenvalue weighted by atomic mass is 16.5. The van der Waals surface area contributed by atoms with E-state index in [4.69, 9.17) is 4.74 Å². The number of ketones is 1. The average Bonchev–Trinajstić information content (AvgIpc) is 2.86. The summed E-state index contributed by atoms with van der Waals surface area (Å²) in [5.41, 5.74) is 1.17. The summed E-state index contributed by atoms with van der Waals surface area (Å²) < 4.78 is 5.11. The minimum atomic E-state index is -0.447. The smallest absolute Gasteiger partial charge is 0.307 e. The normalized spacial score (nSPS) is 26.9. The van der Waals surface area contributed by atoms with Gasteiger partial charge in [0.1, 0.15) is 11.9 Å². The third-order valence-electron chi connectivity index (χ3n) is 3.63. The molecule has 1 saturated heterocycles. The van der Waals surface area contributed by atoms with Crippen LogP contribution in [-0.4, -0.2) is 23.0 Å². The van der Waals surface area contributed by atoms with E-state index in [0.29, 0.717) is 0 Å². The number of aliphatic hydroxyl groups excluding tert-OH is 1. The number of ether oxygens (including phenoxy) is 1. The highest BCUT2D eigenvalue weighted by Gasteiger charge is 2.41. The van der Waals surface area contributed by atoms with Gasteiger partial charge in [0, 0.05) is 11.5 Å². The first-order chi connectivity index (χ1) is 10.1. The molecule has 4 nitrogen and oxygen atoms in total. The van der Waals surface area contributed by atoms with Crippen LogP contribution in [0.2, 0.25) is 0 Å². The lowest BCUT2D eigenvalue weighted by atomic mass is 9.84. The number of benzene rings is 1. The Morgan fingerprint density at radius 3 is 2.76 bits per heavy atom. The van der Waals surface area contributed by atoms with Gasteiger partial charge >= 0.3 is 5.97 Å². The predicted octanol–water partition coefficient (Wildman–Crippen LogP) is 2.58. The fourth-order valence-corrected chi connectivity index (χ4v) is 2.62. The fourth-order valence-electron chi connectivity index (χ4n) is 2.62. The minimum Gasteiger partial charge on any atom is -0.508 e. The Balaban J connectivity index is 1.92. The Morgan fingerprint density at radius 1 is 1.24 bits per heavy atom. The molecule has 1 heterocycles. The summed E-state index contributed by atoms with van der Waals surface area (Å²) in [6.45, 7) is 0. The van der Waals surface area contributed by atoms with Crippen molar-refractivity contribution in [2.75, 3.05) is 0 Å². The van der Waals surface area contributed by atoms with Gasteiger partial charge in [-0.15, -0.1) is 0 Å². The largest absolute Gasteiger partial charge is 0.508 e. The van der Waals surface area contributed by atoms with E-state index >= 15 is 0 Å². The van der Waals surface area contributed by atoms with E-state index in [1.165, 1.54) is 12.2 Å². The first-order valence-corrected chi connectivity index (χ1v) is 6.73. The van der Waals surface area contributed by atoms with E-state index in [1.54, 1.807) is 12.2 Å². The third kappa shape index (κ3) is 2.65. The Morgan fingerprint density at radius 2 is 2.00 bits per heavy atom. The molecule has 0 radical (unpaired) electrons. The molecule has 1 N–H and O–H groups in total. The summed E-state index contributed by atoms with van der Waals surface area (Å²) in [6, 6.07) is 9.46. The molecule has 4 heteroatoms. The SMILES string of the molecule is O=C1C[C@@H]2C(=C(O)C=Cc3ccccc3)C(=O)C=C[C@H]2O1. The Kier molecular flexibility index (Phi) is 3.44. The van der Waals surface area contributed by atoms with Crippen LogP contribution in [0.3, 0.4) is 0 Å². The van der Waals surface area contributed by atoms with E-state index in [9.17, 15) is 14.7 Å². The fraction of sp³-hybridized carbons (Fsp3) is 0.176. The van der Waals surface area contributed by atoms with Crippen LogP contribution >= 0.6 is 0 Å². The number of rotatable bonds is 2. The zero-order chi connectivity index (χ0) is 14.8. The Labute approximate surface area is 122 Å². The highest BCUT2D eigenvalue weighted by Crippen LogP contribution is 2.35. The molecule has 106 valence electrons. The summed E-state index contributed by atoms with van der Waals surface area (Å²) in [5.74, 6) is -1.12. The quantitative estimate of drug-likeness (QED) is 0.514. The first-order valence-electron chi connectivity index (χ1n) is 6.73. The van der Waals surface area contributed by atoms with Crippen LogP contribution < -0.4 is 0 Å². The van der Waals surface area contributed by atoms with E-state index < -0.39 is 12.0 Å². The van der Waals surface area contributed by atoms with Gasteiger partial charge in [-0.05, 0) is 23.8 Å². The molecule has 0 bridgehead atoms. The number of allylic oxidation sites excluding steroid dienone is 2. The molecule has 1 fully saturated rings. The van der Waals surface area contributed by atoms with Crippen molar-refractivity contribution in [3.63, 3.8) is 0 Å². The number of hydrogen-bond acceptors (Lipinski definition) is 4. The number of hydrogen-bond donors (Lipinski definition) is 1. The molecule has 0 unspecified atom stereocenters. The van der Waals surface area contributed by atoms with Crippen LogP contribution in [0.15, 0.2) is 59.9 Å². The van der Waals surface area contributed by atoms with Crippen LogP contribution in [0.25, 0.3) is 6.08 Å². The molecule has 0 aromatic heterocycles. The average molecular weight is 282 g/mol. The second-order valence-electron chi connectivity index (χ2n) is 5.03. The van der Waals surface area contributed by atoms with Gasteiger partial charge < -0.3 is 9.84 Å². The van der Waals surface area contributed by atoms with Gasteiger partial charge in [0.25, 0.3) is 0 Å². The standard InChI is InChI=1S/C17H14O4/c18-13(7-6-11-4-2-1-3-5-11)17-12-10-16(20)21-15(12)9-8-14(17)19/h1-9,12,15,18H,10H2/t12-,15+/m0/s1. The zero-order valence-electron chi connectivity index (χ0n) is 11.2. The summed E-state index contributed by atoms with van der Waals surface area (Å²) in [4.78, 5) is 23.4. The van der Waals surface area contributed by atoms with Crippen LogP contribution in [0, 0.1) is 5.92 Å². The summed E-state index contributed by atoms with van der Waals surface area (Å²) >= 11 is 0. The molecule has 1 aromatic rings. The molecule has 1 aliphatic carbocycles. The molecular formula is C17H14O4. The number of esters is 1. The Hall–Kier alpha value is -2.62. The van der Waals surface area contributed by atoms with Gasteiger partial charge in [-0.3, -0.25) is 9.59 Å². The molecule has 1 aromatic carbocycles. The second-order valence-corrected chi connectivity index (χ2v) is 5.03. The van der Waals surface area contributed by atoms with Crippen molar-refractivity contribution in [3.8, 4) is 0 Å². The maximum absolute atomic E-state index is 12.0. The Bertz CT molecular complexity index is 667. The predicted molar refractivity (Wildman–Crippen MR) is 77.3 cm³/mol. The molecule has 0 saturated carbocycles. The van der Waals surface area contributed by atoms with Gasteiger partial charge in [-0.25, -0.2) is 0 Å². The number of carbonyl (C=O) groups excluding carboxylic acids is 2. The lowest BCUT2D eigenvalue weighted by Gasteiger charge is -2.20. The van der Waals surface area contributed by atoms with E-state index in [0.717, 1.165) is 5.56 Å². The maximum atomic E-state index is 12.0. The van der Waals surface area contributed by atoms with E-state index in [1.807, 2.05) is 30.3 Å². The van der Waals surface area contributed by atoms with Crippen LogP contribution in [0.5, 0.6) is 0 Å². The van der Waals surface area contributed by atoms with Gasteiger partial charge in [-0.1, -0.05) is 36.4 Å². The van der Waals surface area contributed by atoms with Crippen molar-refractivity contribution in [1.29, 1.82) is 0 Å².